The van der Waals surface area contributed by atoms with Crippen LogP contribution in [0.15, 0.2) is 72.9 Å². The molecule has 130 valence electrons. The summed E-state index contributed by atoms with van der Waals surface area (Å²) >= 11 is 0. The van der Waals surface area contributed by atoms with Crippen LogP contribution in [0.1, 0.15) is 22.8 Å². The van der Waals surface area contributed by atoms with Crippen molar-refractivity contribution in [2.75, 3.05) is 10.6 Å². The van der Waals surface area contributed by atoms with E-state index in [2.05, 4.69) is 20.6 Å². The van der Waals surface area contributed by atoms with E-state index in [1.807, 2.05) is 62.4 Å². The van der Waals surface area contributed by atoms with Crippen molar-refractivity contribution in [1.29, 1.82) is 0 Å². The third-order valence-electron chi connectivity index (χ3n) is 3.73. The van der Waals surface area contributed by atoms with Crippen LogP contribution in [0.2, 0.25) is 0 Å². The number of rotatable bonds is 6. The first-order valence-corrected chi connectivity index (χ1v) is 8.35. The number of anilines is 4. The molecular formula is C21H20N4O. The van der Waals surface area contributed by atoms with Crippen LogP contribution in [0, 0.1) is 6.92 Å². The Labute approximate surface area is 152 Å². The zero-order valence-corrected chi connectivity index (χ0v) is 14.7. The van der Waals surface area contributed by atoms with Gasteiger partial charge in [0, 0.05) is 28.7 Å². The lowest BCUT2D eigenvalue weighted by atomic mass is 10.1. The normalized spacial score (nSPS) is 10.7. The molecule has 0 bridgehead atoms. The fourth-order valence-corrected chi connectivity index (χ4v) is 2.41. The topological polar surface area (TPSA) is 66.9 Å². The van der Waals surface area contributed by atoms with Crippen LogP contribution in [-0.4, -0.2) is 15.8 Å². The quantitative estimate of drug-likeness (QED) is 0.485. The van der Waals surface area contributed by atoms with Crippen molar-refractivity contribution >= 4 is 28.9 Å². The van der Waals surface area contributed by atoms with Gasteiger partial charge in [-0.15, -0.1) is 0 Å². The molecule has 1 heterocycles. The number of ketones is 1. The standard InChI is InChI=1S/C21H20N4O/c1-3-8-19(26)16-9-7-12-18(13-16)23-20-15(2)14-22-21(25-20)24-17-10-5-4-6-11-17/h3-14H,1-2H3,(H2,22,23,24,25)/b8-3+. The molecule has 3 rings (SSSR count). The van der Waals surface area contributed by atoms with E-state index < -0.39 is 0 Å². The summed E-state index contributed by atoms with van der Waals surface area (Å²) in [6.45, 7) is 3.76. The smallest absolute Gasteiger partial charge is 0.229 e. The van der Waals surface area contributed by atoms with Crippen LogP contribution in [0.25, 0.3) is 0 Å². The summed E-state index contributed by atoms with van der Waals surface area (Å²) < 4.78 is 0. The molecule has 0 saturated carbocycles. The van der Waals surface area contributed by atoms with Crippen LogP contribution in [0.4, 0.5) is 23.1 Å². The monoisotopic (exact) mass is 344 g/mol. The van der Waals surface area contributed by atoms with E-state index in [0.29, 0.717) is 17.3 Å². The highest BCUT2D eigenvalue weighted by Gasteiger charge is 2.07. The molecule has 0 aliphatic rings. The second-order valence-electron chi connectivity index (χ2n) is 5.79. The Bertz CT molecular complexity index is 936. The van der Waals surface area contributed by atoms with Crippen molar-refractivity contribution in [2.45, 2.75) is 13.8 Å². The molecule has 0 saturated heterocycles. The lowest BCUT2D eigenvalue weighted by Gasteiger charge is -2.11. The van der Waals surface area contributed by atoms with Crippen molar-refractivity contribution in [3.8, 4) is 0 Å². The average molecular weight is 344 g/mol. The van der Waals surface area contributed by atoms with Gasteiger partial charge in [-0.2, -0.15) is 4.98 Å². The maximum atomic E-state index is 12.0. The molecule has 0 unspecified atom stereocenters. The summed E-state index contributed by atoms with van der Waals surface area (Å²) in [5.74, 6) is 1.17. The van der Waals surface area contributed by atoms with E-state index >= 15 is 0 Å². The molecule has 0 atom stereocenters. The molecule has 3 aromatic rings. The maximum absolute atomic E-state index is 12.0. The summed E-state index contributed by atoms with van der Waals surface area (Å²) in [6.07, 6.45) is 5.05. The predicted molar refractivity (Wildman–Crippen MR) is 105 cm³/mol. The van der Waals surface area contributed by atoms with Crippen molar-refractivity contribution in [3.63, 3.8) is 0 Å². The van der Waals surface area contributed by atoms with Gasteiger partial charge in [0.1, 0.15) is 5.82 Å². The Balaban J connectivity index is 1.82. The van der Waals surface area contributed by atoms with E-state index in [1.165, 1.54) is 0 Å². The highest BCUT2D eigenvalue weighted by atomic mass is 16.1. The maximum Gasteiger partial charge on any atom is 0.229 e. The second kappa shape index (κ2) is 8.07. The van der Waals surface area contributed by atoms with Gasteiger partial charge in [0.05, 0.1) is 0 Å². The third-order valence-corrected chi connectivity index (χ3v) is 3.73. The average Bonchev–Trinajstić information content (AvgIpc) is 2.66. The lowest BCUT2D eigenvalue weighted by molar-refractivity contribution is 0.104. The van der Waals surface area contributed by atoms with Gasteiger partial charge in [-0.1, -0.05) is 36.4 Å². The van der Waals surface area contributed by atoms with E-state index in [-0.39, 0.29) is 5.78 Å². The van der Waals surface area contributed by atoms with Crippen LogP contribution >= 0.6 is 0 Å². The van der Waals surface area contributed by atoms with E-state index in [0.717, 1.165) is 16.9 Å². The van der Waals surface area contributed by atoms with Gasteiger partial charge < -0.3 is 10.6 Å². The van der Waals surface area contributed by atoms with Crippen LogP contribution in [0.3, 0.4) is 0 Å². The summed E-state index contributed by atoms with van der Waals surface area (Å²) in [5.41, 5.74) is 3.25. The van der Waals surface area contributed by atoms with Gasteiger partial charge in [0.25, 0.3) is 0 Å². The minimum absolute atomic E-state index is 0.0259. The zero-order chi connectivity index (χ0) is 18.4. The Morgan fingerprint density at radius 2 is 1.77 bits per heavy atom. The van der Waals surface area contributed by atoms with Crippen molar-refractivity contribution in [2.24, 2.45) is 0 Å². The number of carbonyl (C=O) groups excluding carboxylic acids is 1. The van der Waals surface area contributed by atoms with Gasteiger partial charge in [0.15, 0.2) is 5.78 Å². The fourth-order valence-electron chi connectivity index (χ4n) is 2.41. The predicted octanol–water partition coefficient (Wildman–Crippen LogP) is 5.03. The van der Waals surface area contributed by atoms with Crippen molar-refractivity contribution in [3.05, 3.63) is 84.1 Å². The first kappa shape index (κ1) is 17.4. The number of hydrogen-bond donors (Lipinski definition) is 2. The van der Waals surface area contributed by atoms with Crippen LogP contribution < -0.4 is 10.6 Å². The van der Waals surface area contributed by atoms with Gasteiger partial charge >= 0.3 is 0 Å². The number of benzene rings is 2. The zero-order valence-electron chi connectivity index (χ0n) is 14.7. The molecule has 5 heteroatoms. The van der Waals surface area contributed by atoms with Crippen molar-refractivity contribution in [1.82, 2.24) is 9.97 Å². The number of nitrogens with zero attached hydrogens (tertiary/aromatic N) is 2. The first-order chi connectivity index (χ1) is 12.7. The molecule has 2 aromatic carbocycles. The first-order valence-electron chi connectivity index (χ1n) is 8.35. The summed E-state index contributed by atoms with van der Waals surface area (Å²) in [5, 5.41) is 6.45. The molecule has 0 aliphatic carbocycles. The number of aromatic nitrogens is 2. The molecule has 0 spiro atoms. The van der Waals surface area contributed by atoms with Crippen molar-refractivity contribution < 1.29 is 4.79 Å². The molecule has 0 aliphatic heterocycles. The molecule has 0 fully saturated rings. The number of hydrogen-bond acceptors (Lipinski definition) is 5. The number of allylic oxidation sites excluding steroid dienone is 2. The molecule has 0 radical (unpaired) electrons. The molecular weight excluding hydrogens is 324 g/mol. The van der Waals surface area contributed by atoms with Crippen LogP contribution in [0.5, 0.6) is 0 Å². The molecule has 26 heavy (non-hydrogen) atoms. The molecule has 2 N–H and O–H groups in total. The van der Waals surface area contributed by atoms with Gasteiger partial charge in [0.2, 0.25) is 5.95 Å². The van der Waals surface area contributed by atoms with Gasteiger partial charge in [-0.25, -0.2) is 4.98 Å². The Hall–Kier alpha value is -3.47. The van der Waals surface area contributed by atoms with E-state index in [4.69, 9.17) is 0 Å². The highest BCUT2D eigenvalue weighted by Crippen LogP contribution is 2.21. The minimum atomic E-state index is -0.0259. The largest absolute Gasteiger partial charge is 0.340 e. The Morgan fingerprint density at radius 3 is 2.54 bits per heavy atom. The van der Waals surface area contributed by atoms with E-state index in [9.17, 15) is 4.79 Å². The number of carbonyl (C=O) groups is 1. The lowest BCUT2D eigenvalue weighted by Crippen LogP contribution is -2.03. The summed E-state index contributed by atoms with van der Waals surface area (Å²) in [4.78, 5) is 20.9. The minimum Gasteiger partial charge on any atom is -0.340 e. The molecule has 5 nitrogen and oxygen atoms in total. The van der Waals surface area contributed by atoms with Gasteiger partial charge in [-0.05, 0) is 44.2 Å². The Kier molecular flexibility index (Phi) is 5.39. The number of nitrogens with one attached hydrogen (secondary N) is 2. The van der Waals surface area contributed by atoms with Crippen LogP contribution in [-0.2, 0) is 0 Å². The van der Waals surface area contributed by atoms with Gasteiger partial charge in [-0.3, -0.25) is 4.79 Å². The third kappa shape index (κ3) is 4.33. The summed E-state index contributed by atoms with van der Waals surface area (Å²) in [6, 6.07) is 17.1. The SMILES string of the molecule is C/C=C/C(=O)c1cccc(Nc2nc(Nc3ccccc3)ncc2C)c1. The Morgan fingerprint density at radius 1 is 1.00 bits per heavy atom. The number of aryl methyl sites for hydroxylation is 1. The molecule has 1 aromatic heterocycles. The fraction of sp³-hybridized carbons (Fsp3) is 0.0952. The summed E-state index contributed by atoms with van der Waals surface area (Å²) in [7, 11) is 0. The highest BCUT2D eigenvalue weighted by molar-refractivity contribution is 6.05. The molecule has 0 amide bonds. The number of para-hydroxylation sites is 1. The van der Waals surface area contributed by atoms with E-state index in [1.54, 1.807) is 24.4 Å². The second-order valence-corrected chi connectivity index (χ2v) is 5.79.